The molecule has 4 rings (SSSR count). The Kier molecular flexibility index (Phi) is 10.1. The van der Waals surface area contributed by atoms with Gasteiger partial charge in [-0.25, -0.2) is 13.8 Å². The molecule has 0 spiro atoms. The first-order valence-corrected chi connectivity index (χ1v) is 14.6. The number of hydrazone groups is 1. The van der Waals surface area contributed by atoms with Crippen molar-refractivity contribution < 1.29 is 36.6 Å². The zero-order chi connectivity index (χ0) is 31.1. The maximum absolute atomic E-state index is 14.0. The number of furan rings is 1. The van der Waals surface area contributed by atoms with Gasteiger partial charge in [0.2, 0.25) is 0 Å². The standard InChI is InChI=1S/C29H27Cl2N3O8S/c1-38-19-6-11-26(39-2)24(14-19)34(43(36,37)21-8-12-27(40-3)28(15-21)41-4)17-29(35)33-32-16-20-7-10-25(42-20)22-9-5-18(30)13-23(22)31/h5-16H,17H2,1-4H3,(H,33,35)/b32-16-. The van der Waals surface area contributed by atoms with Gasteiger partial charge < -0.3 is 23.4 Å². The molecule has 0 unspecified atom stereocenters. The van der Waals surface area contributed by atoms with Gasteiger partial charge in [-0.3, -0.25) is 9.10 Å². The third kappa shape index (κ3) is 7.16. The van der Waals surface area contributed by atoms with Gasteiger partial charge in [0.15, 0.2) is 11.5 Å². The summed E-state index contributed by atoms with van der Waals surface area (Å²) in [6.45, 7) is -0.665. The second kappa shape index (κ2) is 13.7. The molecule has 1 aromatic heterocycles. The number of carbonyl (C=O) groups excluding carboxylic acids is 1. The van der Waals surface area contributed by atoms with E-state index in [1.807, 2.05) is 0 Å². The highest BCUT2D eigenvalue weighted by molar-refractivity contribution is 7.92. The molecule has 226 valence electrons. The molecule has 0 saturated heterocycles. The number of methoxy groups -OCH3 is 4. The third-order valence-corrected chi connectivity index (χ3v) is 8.39. The van der Waals surface area contributed by atoms with Gasteiger partial charge in [0, 0.05) is 22.7 Å². The number of sulfonamides is 1. The molecule has 14 heteroatoms. The minimum atomic E-state index is -4.37. The van der Waals surface area contributed by atoms with Crippen LogP contribution in [0.25, 0.3) is 11.3 Å². The van der Waals surface area contributed by atoms with Crippen LogP contribution in [-0.2, 0) is 14.8 Å². The van der Waals surface area contributed by atoms with Crippen LogP contribution < -0.4 is 28.7 Å². The quantitative estimate of drug-likeness (QED) is 0.155. The first-order valence-electron chi connectivity index (χ1n) is 12.4. The number of carbonyl (C=O) groups is 1. The van der Waals surface area contributed by atoms with Crippen molar-refractivity contribution in [3.63, 3.8) is 0 Å². The Morgan fingerprint density at radius 2 is 1.60 bits per heavy atom. The van der Waals surface area contributed by atoms with Gasteiger partial charge in [0.25, 0.3) is 15.9 Å². The molecule has 0 fully saturated rings. The summed E-state index contributed by atoms with van der Waals surface area (Å²) in [5.74, 6) is 1.07. The first-order chi connectivity index (χ1) is 20.6. The Hall–Kier alpha value is -4.39. The van der Waals surface area contributed by atoms with E-state index < -0.39 is 22.5 Å². The van der Waals surface area contributed by atoms with Crippen molar-refractivity contribution >= 4 is 51.0 Å². The van der Waals surface area contributed by atoms with Crippen LogP contribution in [0, 0.1) is 0 Å². The number of benzene rings is 3. The topological polar surface area (TPSA) is 129 Å². The number of nitrogens with zero attached hydrogens (tertiary/aromatic N) is 2. The van der Waals surface area contributed by atoms with Crippen LogP contribution >= 0.6 is 23.2 Å². The first kappa shape index (κ1) is 31.5. The molecule has 0 aliphatic carbocycles. The second-order valence-corrected chi connectivity index (χ2v) is 11.4. The fraction of sp³-hybridized carbons (Fsp3) is 0.172. The molecule has 0 saturated carbocycles. The zero-order valence-corrected chi connectivity index (χ0v) is 25.8. The molecular weight excluding hydrogens is 621 g/mol. The molecule has 0 atom stereocenters. The maximum atomic E-state index is 14.0. The van der Waals surface area contributed by atoms with Crippen molar-refractivity contribution in [2.24, 2.45) is 5.10 Å². The third-order valence-electron chi connectivity index (χ3n) is 6.09. The molecular formula is C29H27Cl2N3O8S. The van der Waals surface area contributed by atoms with Gasteiger partial charge in [-0.1, -0.05) is 23.2 Å². The van der Waals surface area contributed by atoms with Crippen molar-refractivity contribution in [1.82, 2.24) is 5.43 Å². The highest BCUT2D eigenvalue weighted by Gasteiger charge is 2.31. The summed E-state index contributed by atoms with van der Waals surface area (Å²) in [5.41, 5.74) is 3.02. The molecule has 1 amide bonds. The van der Waals surface area contributed by atoms with E-state index in [0.29, 0.717) is 38.6 Å². The number of anilines is 1. The molecule has 3 aromatic carbocycles. The van der Waals surface area contributed by atoms with Crippen LogP contribution in [-0.4, -0.2) is 55.5 Å². The zero-order valence-electron chi connectivity index (χ0n) is 23.5. The molecule has 11 nitrogen and oxygen atoms in total. The summed E-state index contributed by atoms with van der Waals surface area (Å²) in [6, 6.07) is 17.0. The second-order valence-electron chi connectivity index (χ2n) is 8.69. The average Bonchev–Trinajstić information content (AvgIpc) is 3.47. The van der Waals surface area contributed by atoms with Crippen molar-refractivity contribution in [3.8, 4) is 34.3 Å². The predicted molar refractivity (Wildman–Crippen MR) is 164 cm³/mol. The molecule has 43 heavy (non-hydrogen) atoms. The number of amides is 1. The minimum absolute atomic E-state index is 0.0614. The number of hydrogen-bond donors (Lipinski definition) is 1. The van der Waals surface area contributed by atoms with Gasteiger partial charge in [-0.2, -0.15) is 5.10 Å². The largest absolute Gasteiger partial charge is 0.497 e. The van der Waals surface area contributed by atoms with E-state index in [0.717, 1.165) is 4.31 Å². The Morgan fingerprint density at radius 1 is 0.884 bits per heavy atom. The molecule has 0 bridgehead atoms. The Morgan fingerprint density at radius 3 is 2.28 bits per heavy atom. The highest BCUT2D eigenvalue weighted by atomic mass is 35.5. The van der Waals surface area contributed by atoms with Gasteiger partial charge in [0.05, 0.1) is 50.3 Å². The predicted octanol–water partition coefficient (Wildman–Crippen LogP) is 5.63. The van der Waals surface area contributed by atoms with E-state index in [9.17, 15) is 13.2 Å². The monoisotopic (exact) mass is 647 g/mol. The summed E-state index contributed by atoms with van der Waals surface area (Å²) in [5, 5.41) is 4.82. The molecule has 1 heterocycles. The van der Waals surface area contributed by atoms with Gasteiger partial charge >= 0.3 is 0 Å². The fourth-order valence-corrected chi connectivity index (χ4v) is 5.93. The number of rotatable bonds is 12. The van der Waals surface area contributed by atoms with Crippen molar-refractivity contribution in [1.29, 1.82) is 0 Å². The molecule has 0 radical (unpaired) electrons. The van der Waals surface area contributed by atoms with Crippen molar-refractivity contribution in [2.75, 3.05) is 39.3 Å². The number of ether oxygens (including phenoxy) is 4. The summed E-state index contributed by atoms with van der Waals surface area (Å²) in [6.07, 6.45) is 1.27. The Bertz CT molecular complexity index is 1760. The molecule has 4 aromatic rings. The van der Waals surface area contributed by atoms with E-state index in [4.69, 9.17) is 46.6 Å². The van der Waals surface area contributed by atoms with Crippen LogP contribution in [0.2, 0.25) is 10.0 Å². The summed E-state index contributed by atoms with van der Waals surface area (Å²) in [7, 11) is 1.26. The van der Waals surface area contributed by atoms with E-state index in [2.05, 4.69) is 10.5 Å². The van der Waals surface area contributed by atoms with Crippen LogP contribution in [0.15, 0.2) is 81.1 Å². The normalized spacial score (nSPS) is 11.3. The lowest BCUT2D eigenvalue weighted by Crippen LogP contribution is -2.39. The van der Waals surface area contributed by atoms with E-state index in [1.165, 1.54) is 65.0 Å². The summed E-state index contributed by atoms with van der Waals surface area (Å²) >= 11 is 12.2. The smallest absolute Gasteiger partial charge is 0.265 e. The lowest BCUT2D eigenvalue weighted by molar-refractivity contribution is -0.119. The van der Waals surface area contributed by atoms with Crippen molar-refractivity contribution in [2.45, 2.75) is 4.90 Å². The number of nitrogens with one attached hydrogen (secondary N) is 1. The minimum Gasteiger partial charge on any atom is -0.497 e. The average molecular weight is 649 g/mol. The maximum Gasteiger partial charge on any atom is 0.265 e. The van der Waals surface area contributed by atoms with E-state index >= 15 is 0 Å². The van der Waals surface area contributed by atoms with Gasteiger partial charge in [-0.05, 0) is 54.6 Å². The van der Waals surface area contributed by atoms with Crippen molar-refractivity contribution in [3.05, 3.63) is 82.5 Å². The fourth-order valence-electron chi connectivity index (χ4n) is 3.99. The van der Waals surface area contributed by atoms with E-state index in [-0.39, 0.29) is 22.1 Å². The highest BCUT2D eigenvalue weighted by Crippen LogP contribution is 2.37. The number of hydrogen-bond acceptors (Lipinski definition) is 9. The molecule has 0 aliphatic heterocycles. The van der Waals surface area contributed by atoms with Crippen LogP contribution in [0.3, 0.4) is 0 Å². The Balaban J connectivity index is 1.62. The summed E-state index contributed by atoms with van der Waals surface area (Å²) in [4.78, 5) is 12.9. The van der Waals surface area contributed by atoms with Gasteiger partial charge in [0.1, 0.15) is 29.6 Å². The molecule has 0 aliphatic rings. The van der Waals surface area contributed by atoms with Crippen LogP contribution in [0.5, 0.6) is 23.0 Å². The lowest BCUT2D eigenvalue weighted by atomic mass is 10.2. The van der Waals surface area contributed by atoms with Gasteiger partial charge in [-0.15, -0.1) is 0 Å². The number of halogens is 2. The SMILES string of the molecule is COc1ccc(OC)c(N(CC(=O)N/N=C\c2ccc(-c3ccc(Cl)cc3Cl)o2)S(=O)(=O)c2ccc(OC)c(OC)c2)c1. The van der Waals surface area contributed by atoms with Crippen LogP contribution in [0.1, 0.15) is 5.76 Å². The molecule has 1 N–H and O–H groups in total. The summed E-state index contributed by atoms with van der Waals surface area (Å²) < 4.78 is 55.8. The lowest BCUT2D eigenvalue weighted by Gasteiger charge is -2.26. The van der Waals surface area contributed by atoms with Crippen LogP contribution in [0.4, 0.5) is 5.69 Å². The Labute approximate surface area is 258 Å². The van der Waals surface area contributed by atoms with E-state index in [1.54, 1.807) is 36.4 Å².